The standard InChI is InChI=1S/C19H17ClN4/c1-11-4-9-16-17(10-11)24-13(3)22-23-19(24)12(2)21-18(16)14-5-7-15(20)8-6-14/h4-10,12H,1-3H3. The molecule has 1 aliphatic rings. The molecule has 0 fully saturated rings. The van der Waals surface area contributed by atoms with E-state index in [0.717, 1.165) is 39.2 Å². The zero-order valence-corrected chi connectivity index (χ0v) is 14.5. The summed E-state index contributed by atoms with van der Waals surface area (Å²) in [5, 5.41) is 9.33. The highest BCUT2D eigenvalue weighted by Crippen LogP contribution is 2.31. The van der Waals surface area contributed by atoms with Gasteiger partial charge in [0.15, 0.2) is 5.82 Å². The molecule has 1 aromatic heterocycles. The minimum absolute atomic E-state index is 0.0791. The molecule has 0 radical (unpaired) electrons. The number of fused-ring (bicyclic) bond motifs is 3. The third-order valence-corrected chi connectivity index (χ3v) is 4.57. The monoisotopic (exact) mass is 336 g/mol. The van der Waals surface area contributed by atoms with E-state index < -0.39 is 0 Å². The first kappa shape index (κ1) is 15.1. The number of aromatic nitrogens is 3. The van der Waals surface area contributed by atoms with Crippen molar-refractivity contribution in [2.24, 2.45) is 4.99 Å². The number of aliphatic imine (C=N–C) groups is 1. The normalized spacial score (nSPS) is 16.2. The summed E-state index contributed by atoms with van der Waals surface area (Å²) in [6, 6.07) is 14.1. The van der Waals surface area contributed by atoms with Crippen LogP contribution in [0, 0.1) is 13.8 Å². The average Bonchev–Trinajstić information content (AvgIpc) is 2.90. The van der Waals surface area contributed by atoms with E-state index in [-0.39, 0.29) is 6.04 Å². The Morgan fingerprint density at radius 3 is 2.50 bits per heavy atom. The van der Waals surface area contributed by atoms with Gasteiger partial charge in [-0.2, -0.15) is 0 Å². The van der Waals surface area contributed by atoms with Gasteiger partial charge < -0.3 is 0 Å². The molecule has 1 aliphatic heterocycles. The SMILES string of the molecule is Cc1ccc2c(c1)-n1c(C)nnc1C(C)N=C2c1ccc(Cl)cc1. The van der Waals surface area contributed by atoms with Crippen molar-refractivity contribution in [3.8, 4) is 5.69 Å². The van der Waals surface area contributed by atoms with E-state index in [4.69, 9.17) is 16.6 Å². The third kappa shape index (κ3) is 2.34. The number of aryl methyl sites for hydroxylation is 2. The fourth-order valence-corrected chi connectivity index (χ4v) is 3.26. The maximum atomic E-state index is 6.05. The van der Waals surface area contributed by atoms with Gasteiger partial charge in [-0.1, -0.05) is 35.9 Å². The number of hydrogen-bond acceptors (Lipinski definition) is 3. The van der Waals surface area contributed by atoms with Crippen LogP contribution in [0.25, 0.3) is 5.69 Å². The summed E-state index contributed by atoms with van der Waals surface area (Å²) in [5.41, 5.74) is 5.35. The Bertz CT molecular complexity index is 954. The van der Waals surface area contributed by atoms with Crippen molar-refractivity contribution in [1.82, 2.24) is 14.8 Å². The molecule has 2 aromatic carbocycles. The smallest absolute Gasteiger partial charge is 0.162 e. The lowest BCUT2D eigenvalue weighted by Gasteiger charge is -2.13. The highest BCUT2D eigenvalue weighted by Gasteiger charge is 2.25. The van der Waals surface area contributed by atoms with E-state index in [1.807, 2.05) is 31.2 Å². The molecule has 0 bridgehead atoms. The Labute approximate surface area is 145 Å². The quantitative estimate of drug-likeness (QED) is 0.659. The third-order valence-electron chi connectivity index (χ3n) is 4.31. The molecule has 120 valence electrons. The minimum atomic E-state index is -0.0791. The van der Waals surface area contributed by atoms with Gasteiger partial charge in [0.05, 0.1) is 11.4 Å². The van der Waals surface area contributed by atoms with Gasteiger partial charge in [0, 0.05) is 16.1 Å². The van der Waals surface area contributed by atoms with Gasteiger partial charge in [-0.15, -0.1) is 10.2 Å². The zero-order chi connectivity index (χ0) is 16.8. The van der Waals surface area contributed by atoms with Gasteiger partial charge >= 0.3 is 0 Å². The Hall–Kier alpha value is -2.46. The first-order chi connectivity index (χ1) is 11.5. The molecule has 0 saturated carbocycles. The Morgan fingerprint density at radius 2 is 1.75 bits per heavy atom. The fourth-order valence-electron chi connectivity index (χ4n) is 3.13. The van der Waals surface area contributed by atoms with E-state index in [9.17, 15) is 0 Å². The van der Waals surface area contributed by atoms with Gasteiger partial charge in [0.2, 0.25) is 0 Å². The van der Waals surface area contributed by atoms with Crippen LogP contribution in [0.2, 0.25) is 5.02 Å². The van der Waals surface area contributed by atoms with E-state index in [2.05, 4.69) is 46.8 Å². The maximum Gasteiger partial charge on any atom is 0.162 e. The molecule has 1 unspecified atom stereocenters. The molecule has 3 aromatic rings. The van der Waals surface area contributed by atoms with Gasteiger partial charge in [-0.25, -0.2) is 0 Å². The van der Waals surface area contributed by atoms with Crippen LogP contribution in [0.5, 0.6) is 0 Å². The van der Waals surface area contributed by atoms with Gasteiger partial charge in [0.1, 0.15) is 11.9 Å². The molecule has 2 heterocycles. The van der Waals surface area contributed by atoms with Crippen LogP contribution in [0.1, 0.15) is 41.3 Å². The minimum Gasteiger partial charge on any atom is -0.281 e. The molecule has 0 saturated heterocycles. The largest absolute Gasteiger partial charge is 0.281 e. The molecule has 0 spiro atoms. The average molecular weight is 337 g/mol. The topological polar surface area (TPSA) is 43.1 Å². The predicted molar refractivity (Wildman–Crippen MR) is 96.3 cm³/mol. The number of rotatable bonds is 1. The summed E-state index contributed by atoms with van der Waals surface area (Å²) in [6.45, 7) is 6.12. The van der Waals surface area contributed by atoms with Crippen LogP contribution in [0.3, 0.4) is 0 Å². The second-order valence-electron chi connectivity index (χ2n) is 6.12. The summed E-state index contributed by atoms with van der Waals surface area (Å²) >= 11 is 6.05. The second-order valence-corrected chi connectivity index (χ2v) is 6.56. The van der Waals surface area contributed by atoms with E-state index in [0.29, 0.717) is 0 Å². The summed E-state index contributed by atoms with van der Waals surface area (Å²) in [4.78, 5) is 4.95. The summed E-state index contributed by atoms with van der Waals surface area (Å²) < 4.78 is 2.11. The second kappa shape index (κ2) is 5.56. The van der Waals surface area contributed by atoms with E-state index in [1.165, 1.54) is 5.56 Å². The van der Waals surface area contributed by atoms with Crippen LogP contribution in [0.15, 0.2) is 47.5 Å². The summed E-state index contributed by atoms with van der Waals surface area (Å²) in [7, 11) is 0. The first-order valence-corrected chi connectivity index (χ1v) is 8.29. The van der Waals surface area contributed by atoms with Crippen molar-refractivity contribution in [3.05, 3.63) is 75.8 Å². The molecule has 24 heavy (non-hydrogen) atoms. The molecular formula is C19H17ClN4. The van der Waals surface area contributed by atoms with Crippen molar-refractivity contribution in [2.75, 3.05) is 0 Å². The van der Waals surface area contributed by atoms with Crippen LogP contribution < -0.4 is 0 Å². The lowest BCUT2D eigenvalue weighted by molar-refractivity contribution is 0.721. The summed E-state index contributed by atoms with van der Waals surface area (Å²) in [6.07, 6.45) is 0. The van der Waals surface area contributed by atoms with Gasteiger partial charge in [0.25, 0.3) is 0 Å². The maximum absolute atomic E-state index is 6.05. The van der Waals surface area contributed by atoms with Crippen molar-refractivity contribution < 1.29 is 0 Å². The van der Waals surface area contributed by atoms with Gasteiger partial charge in [-0.05, 0) is 44.5 Å². The number of nitrogens with zero attached hydrogens (tertiary/aromatic N) is 4. The molecule has 5 heteroatoms. The lowest BCUT2D eigenvalue weighted by Crippen LogP contribution is -2.08. The molecule has 0 N–H and O–H groups in total. The molecule has 4 rings (SSSR count). The van der Waals surface area contributed by atoms with Crippen LogP contribution in [0.4, 0.5) is 0 Å². The zero-order valence-electron chi connectivity index (χ0n) is 13.8. The van der Waals surface area contributed by atoms with E-state index in [1.54, 1.807) is 0 Å². The van der Waals surface area contributed by atoms with Crippen LogP contribution in [-0.4, -0.2) is 20.5 Å². The fraction of sp³-hybridized carbons (Fsp3) is 0.211. The molecule has 4 nitrogen and oxygen atoms in total. The number of hydrogen-bond donors (Lipinski definition) is 0. The molecule has 1 atom stereocenters. The van der Waals surface area contributed by atoms with Crippen molar-refractivity contribution in [1.29, 1.82) is 0 Å². The highest BCUT2D eigenvalue weighted by atomic mass is 35.5. The van der Waals surface area contributed by atoms with Crippen molar-refractivity contribution in [2.45, 2.75) is 26.8 Å². The van der Waals surface area contributed by atoms with Crippen molar-refractivity contribution in [3.63, 3.8) is 0 Å². The molecular weight excluding hydrogens is 320 g/mol. The van der Waals surface area contributed by atoms with Gasteiger partial charge in [-0.3, -0.25) is 9.56 Å². The molecule has 0 amide bonds. The highest BCUT2D eigenvalue weighted by molar-refractivity contribution is 6.30. The van der Waals surface area contributed by atoms with Crippen molar-refractivity contribution >= 4 is 17.3 Å². The van der Waals surface area contributed by atoms with E-state index >= 15 is 0 Å². The Balaban J connectivity index is 2.02. The Morgan fingerprint density at radius 1 is 1.00 bits per heavy atom. The lowest BCUT2D eigenvalue weighted by atomic mass is 9.99. The molecule has 0 aliphatic carbocycles. The van der Waals surface area contributed by atoms with Crippen LogP contribution in [-0.2, 0) is 0 Å². The number of benzene rings is 2. The summed E-state index contributed by atoms with van der Waals surface area (Å²) in [5.74, 6) is 1.74. The first-order valence-electron chi connectivity index (χ1n) is 7.91. The van der Waals surface area contributed by atoms with Crippen LogP contribution >= 0.6 is 11.6 Å². The number of halogens is 1. The Kier molecular flexibility index (Phi) is 3.50. The predicted octanol–water partition coefficient (Wildman–Crippen LogP) is 4.45.